The molecule has 0 aromatic carbocycles. The summed E-state index contributed by atoms with van der Waals surface area (Å²) in [7, 11) is 0.937. The quantitative estimate of drug-likeness (QED) is 0.487. The summed E-state index contributed by atoms with van der Waals surface area (Å²) in [5, 5.41) is 0. The number of aromatic nitrogens is 1. The number of pyridine rings is 1. The van der Waals surface area contributed by atoms with Crippen LogP contribution in [0.5, 0.6) is 0 Å². The van der Waals surface area contributed by atoms with E-state index in [4.69, 9.17) is 0 Å². The van der Waals surface area contributed by atoms with E-state index in [0.717, 1.165) is 7.11 Å². The van der Waals surface area contributed by atoms with Crippen molar-refractivity contribution < 1.29 is 35.9 Å². The van der Waals surface area contributed by atoms with Gasteiger partial charge in [-0.1, -0.05) is 0 Å². The fraction of sp³-hybridized carbons (Fsp3) is 0.400. The molecule has 0 bridgehead atoms. The van der Waals surface area contributed by atoms with Gasteiger partial charge in [-0.05, 0) is 11.6 Å². The van der Waals surface area contributed by atoms with Crippen molar-refractivity contribution >= 4 is 5.97 Å². The summed E-state index contributed by atoms with van der Waals surface area (Å²) in [5.74, 6) is -3.10. The Morgan fingerprint density at radius 1 is 1.42 bits per heavy atom. The standard InChI is InChI=1S/C10H7F6NO2/c1-19-6(18)3-4-2-5(10(14,15)16)9(13)17-7(4)8(11)12/h2,8H,3H2,1H3. The number of esters is 1. The van der Waals surface area contributed by atoms with E-state index in [-0.39, 0.29) is 6.07 Å². The summed E-state index contributed by atoms with van der Waals surface area (Å²) in [4.78, 5) is 13.5. The van der Waals surface area contributed by atoms with Crippen LogP contribution in [-0.4, -0.2) is 18.1 Å². The lowest BCUT2D eigenvalue weighted by atomic mass is 10.1. The molecule has 0 atom stereocenters. The van der Waals surface area contributed by atoms with Crippen LogP contribution in [0, 0.1) is 5.95 Å². The molecule has 1 aromatic heterocycles. The fourth-order valence-corrected chi connectivity index (χ4v) is 1.30. The first-order chi connectivity index (χ1) is 8.66. The van der Waals surface area contributed by atoms with Gasteiger partial charge in [0.1, 0.15) is 11.3 Å². The van der Waals surface area contributed by atoms with Crippen LogP contribution in [0.15, 0.2) is 6.07 Å². The monoisotopic (exact) mass is 287 g/mol. The van der Waals surface area contributed by atoms with Gasteiger partial charge in [-0.15, -0.1) is 0 Å². The zero-order chi connectivity index (χ0) is 14.8. The molecule has 0 unspecified atom stereocenters. The van der Waals surface area contributed by atoms with Gasteiger partial charge in [-0.2, -0.15) is 17.6 Å². The molecule has 0 saturated carbocycles. The van der Waals surface area contributed by atoms with Gasteiger partial charge in [0.15, 0.2) is 0 Å². The molecule has 3 nitrogen and oxygen atoms in total. The number of hydrogen-bond donors (Lipinski definition) is 0. The first-order valence-corrected chi connectivity index (χ1v) is 4.78. The predicted molar refractivity (Wildman–Crippen MR) is 49.9 cm³/mol. The highest BCUT2D eigenvalue weighted by Crippen LogP contribution is 2.33. The van der Waals surface area contributed by atoms with E-state index < -0.39 is 47.8 Å². The molecule has 106 valence electrons. The van der Waals surface area contributed by atoms with Crippen LogP contribution in [-0.2, 0) is 22.1 Å². The lowest BCUT2D eigenvalue weighted by Crippen LogP contribution is -2.15. The van der Waals surface area contributed by atoms with Crippen molar-refractivity contribution in [2.24, 2.45) is 0 Å². The Balaban J connectivity index is 3.35. The number of carbonyl (C=O) groups is 1. The molecule has 1 heterocycles. The summed E-state index contributed by atoms with van der Waals surface area (Å²) < 4.78 is 79.4. The van der Waals surface area contributed by atoms with Crippen LogP contribution in [0.2, 0.25) is 0 Å². The highest BCUT2D eigenvalue weighted by atomic mass is 19.4. The van der Waals surface area contributed by atoms with Gasteiger partial charge in [0.25, 0.3) is 6.43 Å². The predicted octanol–water partition coefficient (Wildman–Crippen LogP) is 2.89. The molecule has 0 saturated heterocycles. The van der Waals surface area contributed by atoms with Gasteiger partial charge in [-0.25, -0.2) is 13.8 Å². The van der Waals surface area contributed by atoms with E-state index in [9.17, 15) is 31.1 Å². The molecular formula is C10H7F6NO2. The average molecular weight is 287 g/mol. The third-order valence-electron chi connectivity index (χ3n) is 2.16. The number of alkyl halides is 5. The van der Waals surface area contributed by atoms with Crippen LogP contribution in [0.3, 0.4) is 0 Å². The van der Waals surface area contributed by atoms with Crippen LogP contribution in [0.25, 0.3) is 0 Å². The molecule has 0 aliphatic heterocycles. The van der Waals surface area contributed by atoms with Gasteiger partial charge in [-0.3, -0.25) is 4.79 Å². The molecule has 1 rings (SSSR count). The first kappa shape index (κ1) is 15.3. The number of ether oxygens (including phenoxy) is 1. The third kappa shape index (κ3) is 3.58. The smallest absolute Gasteiger partial charge is 0.420 e. The normalized spacial score (nSPS) is 11.8. The Morgan fingerprint density at radius 2 is 2.00 bits per heavy atom. The Kier molecular flexibility index (Phi) is 4.38. The molecule has 0 fully saturated rings. The first-order valence-electron chi connectivity index (χ1n) is 4.78. The van der Waals surface area contributed by atoms with Crippen molar-refractivity contribution in [3.8, 4) is 0 Å². The van der Waals surface area contributed by atoms with Crippen LogP contribution >= 0.6 is 0 Å². The number of methoxy groups -OCH3 is 1. The lowest BCUT2D eigenvalue weighted by Gasteiger charge is -2.12. The molecule has 0 spiro atoms. The minimum Gasteiger partial charge on any atom is -0.469 e. The zero-order valence-electron chi connectivity index (χ0n) is 9.39. The lowest BCUT2D eigenvalue weighted by molar-refractivity contribution is -0.142. The Bertz CT molecular complexity index is 486. The maximum Gasteiger partial charge on any atom is 0.420 e. The molecule has 0 N–H and O–H groups in total. The third-order valence-corrected chi connectivity index (χ3v) is 2.16. The number of carbonyl (C=O) groups excluding carboxylic acids is 1. The van der Waals surface area contributed by atoms with Crippen molar-refractivity contribution in [3.05, 3.63) is 28.8 Å². The molecule has 1 aromatic rings. The van der Waals surface area contributed by atoms with E-state index in [1.807, 2.05) is 0 Å². The average Bonchev–Trinajstić information content (AvgIpc) is 2.28. The number of rotatable bonds is 3. The molecule has 19 heavy (non-hydrogen) atoms. The van der Waals surface area contributed by atoms with Crippen LogP contribution in [0.4, 0.5) is 26.3 Å². The van der Waals surface area contributed by atoms with Crippen molar-refractivity contribution in [3.63, 3.8) is 0 Å². The van der Waals surface area contributed by atoms with Gasteiger partial charge >= 0.3 is 12.1 Å². The highest BCUT2D eigenvalue weighted by molar-refractivity contribution is 5.72. The van der Waals surface area contributed by atoms with Crippen molar-refractivity contribution in [1.82, 2.24) is 4.98 Å². The van der Waals surface area contributed by atoms with E-state index in [2.05, 4.69) is 9.72 Å². The minimum atomic E-state index is -5.09. The SMILES string of the molecule is COC(=O)Cc1cc(C(F)(F)F)c(F)nc1C(F)F. The van der Waals surface area contributed by atoms with Gasteiger partial charge in [0.05, 0.1) is 13.5 Å². The second-order valence-electron chi connectivity index (χ2n) is 3.42. The van der Waals surface area contributed by atoms with Gasteiger partial charge in [0.2, 0.25) is 5.95 Å². The fourth-order valence-electron chi connectivity index (χ4n) is 1.30. The van der Waals surface area contributed by atoms with Crippen molar-refractivity contribution in [1.29, 1.82) is 0 Å². The molecule has 9 heteroatoms. The Labute approximate surface area is 103 Å². The van der Waals surface area contributed by atoms with Crippen molar-refractivity contribution in [2.45, 2.75) is 19.0 Å². The van der Waals surface area contributed by atoms with E-state index >= 15 is 0 Å². The highest BCUT2D eigenvalue weighted by Gasteiger charge is 2.37. The number of nitrogens with zero attached hydrogens (tertiary/aromatic N) is 1. The zero-order valence-corrected chi connectivity index (χ0v) is 9.39. The van der Waals surface area contributed by atoms with Gasteiger partial charge in [0, 0.05) is 0 Å². The molecule has 0 aliphatic carbocycles. The second-order valence-corrected chi connectivity index (χ2v) is 3.42. The largest absolute Gasteiger partial charge is 0.469 e. The Hall–Kier alpha value is -1.80. The second kappa shape index (κ2) is 5.45. The molecule has 0 radical (unpaired) electrons. The maximum absolute atomic E-state index is 13.0. The summed E-state index contributed by atoms with van der Waals surface area (Å²) in [6.45, 7) is 0. The number of hydrogen-bond acceptors (Lipinski definition) is 3. The van der Waals surface area contributed by atoms with Crippen LogP contribution in [0.1, 0.15) is 23.2 Å². The van der Waals surface area contributed by atoms with Gasteiger partial charge < -0.3 is 4.74 Å². The topological polar surface area (TPSA) is 39.2 Å². The van der Waals surface area contributed by atoms with E-state index in [1.54, 1.807) is 0 Å². The summed E-state index contributed by atoms with van der Waals surface area (Å²) in [5.41, 5.74) is -3.75. The number of halogens is 6. The van der Waals surface area contributed by atoms with Crippen molar-refractivity contribution in [2.75, 3.05) is 7.11 Å². The summed E-state index contributed by atoms with van der Waals surface area (Å²) in [6, 6.07) is 0.140. The molecule has 0 amide bonds. The molecular weight excluding hydrogens is 280 g/mol. The van der Waals surface area contributed by atoms with E-state index in [0.29, 0.717) is 0 Å². The van der Waals surface area contributed by atoms with E-state index in [1.165, 1.54) is 0 Å². The van der Waals surface area contributed by atoms with Crippen LogP contribution < -0.4 is 0 Å². The maximum atomic E-state index is 13.0. The minimum absolute atomic E-state index is 0.140. The Morgan fingerprint density at radius 3 is 2.42 bits per heavy atom. The molecule has 0 aliphatic rings. The summed E-state index contributed by atoms with van der Waals surface area (Å²) in [6.07, 6.45) is -9.26. The summed E-state index contributed by atoms with van der Waals surface area (Å²) >= 11 is 0.